The maximum absolute atomic E-state index is 12.5. The van der Waals surface area contributed by atoms with Crippen LogP contribution < -0.4 is 5.32 Å². The van der Waals surface area contributed by atoms with Gasteiger partial charge in [0, 0.05) is 12.8 Å². The Morgan fingerprint density at radius 3 is 0.824 bits per heavy atom. The van der Waals surface area contributed by atoms with Gasteiger partial charge < -0.3 is 20.3 Å². The van der Waals surface area contributed by atoms with Crippen molar-refractivity contribution < 1.29 is 24.5 Å². The molecule has 0 saturated heterocycles. The van der Waals surface area contributed by atoms with Gasteiger partial charge in [-0.15, -0.1) is 0 Å². The van der Waals surface area contributed by atoms with Crippen LogP contribution >= 0.6 is 0 Å². The molecule has 0 heterocycles. The zero-order valence-electron chi connectivity index (χ0n) is 50.6. The van der Waals surface area contributed by atoms with E-state index in [9.17, 15) is 19.8 Å². The van der Waals surface area contributed by atoms with Crippen molar-refractivity contribution in [3.63, 3.8) is 0 Å². The first kappa shape index (κ1) is 72.9. The van der Waals surface area contributed by atoms with Gasteiger partial charge in [0.1, 0.15) is 0 Å². The van der Waals surface area contributed by atoms with E-state index < -0.39 is 12.1 Å². The minimum absolute atomic E-state index is 0.0228. The van der Waals surface area contributed by atoms with Crippen LogP contribution in [0.1, 0.15) is 399 Å². The molecule has 3 N–H and O–H groups in total. The Morgan fingerprint density at radius 2 is 0.554 bits per heavy atom. The largest absolute Gasteiger partial charge is 0.466 e. The molecule has 0 aromatic heterocycles. The molecule has 2 unspecified atom stereocenters. The summed E-state index contributed by atoms with van der Waals surface area (Å²) in [5.41, 5.74) is 0. The normalized spacial score (nSPS) is 12.4. The van der Waals surface area contributed by atoms with Crippen molar-refractivity contribution in [3.8, 4) is 0 Å². The van der Waals surface area contributed by atoms with Crippen LogP contribution in [0.5, 0.6) is 0 Å². The Bertz CT molecular complexity index is 1070. The van der Waals surface area contributed by atoms with E-state index in [0.717, 1.165) is 38.5 Å². The molecule has 0 aliphatic carbocycles. The van der Waals surface area contributed by atoms with Crippen molar-refractivity contribution in [2.75, 3.05) is 13.2 Å². The molecular formula is C68H135NO5. The number of aliphatic hydroxyl groups is 2. The number of rotatable bonds is 65. The first-order valence-electron chi connectivity index (χ1n) is 34.3. The first-order chi connectivity index (χ1) is 36.5. The van der Waals surface area contributed by atoms with Crippen LogP contribution in [0.25, 0.3) is 0 Å². The van der Waals surface area contributed by atoms with Gasteiger partial charge in [-0.2, -0.15) is 0 Å². The molecule has 74 heavy (non-hydrogen) atoms. The number of esters is 1. The van der Waals surface area contributed by atoms with E-state index in [-0.39, 0.29) is 18.5 Å². The molecule has 0 aromatic rings. The highest BCUT2D eigenvalue weighted by molar-refractivity contribution is 5.76. The minimum Gasteiger partial charge on any atom is -0.466 e. The van der Waals surface area contributed by atoms with Gasteiger partial charge in [-0.3, -0.25) is 9.59 Å². The van der Waals surface area contributed by atoms with E-state index in [1.54, 1.807) is 0 Å². The number of carbonyl (C=O) groups is 2. The number of amides is 1. The van der Waals surface area contributed by atoms with Crippen molar-refractivity contribution in [2.45, 2.75) is 411 Å². The van der Waals surface area contributed by atoms with Crippen LogP contribution in [-0.2, 0) is 14.3 Å². The third-order valence-electron chi connectivity index (χ3n) is 16.4. The van der Waals surface area contributed by atoms with Crippen molar-refractivity contribution in [2.24, 2.45) is 0 Å². The molecular weight excluding hydrogens is 911 g/mol. The van der Waals surface area contributed by atoms with Crippen LogP contribution in [-0.4, -0.2) is 47.4 Å². The number of unbranched alkanes of at least 4 members (excludes halogenated alkanes) is 54. The summed E-state index contributed by atoms with van der Waals surface area (Å²) in [6, 6.07) is -0.536. The third kappa shape index (κ3) is 60.1. The molecule has 0 aromatic carbocycles. The van der Waals surface area contributed by atoms with E-state index in [1.807, 2.05) is 0 Å². The average Bonchev–Trinajstić information content (AvgIpc) is 3.40. The third-order valence-corrected chi connectivity index (χ3v) is 16.4. The Labute approximate surface area is 464 Å². The van der Waals surface area contributed by atoms with Crippen LogP contribution in [0.3, 0.4) is 0 Å². The molecule has 0 aliphatic rings. The number of aliphatic hydroxyl groups excluding tert-OH is 2. The molecule has 0 radical (unpaired) electrons. The maximum Gasteiger partial charge on any atom is 0.305 e. The molecule has 2 atom stereocenters. The fourth-order valence-electron chi connectivity index (χ4n) is 11.2. The zero-order chi connectivity index (χ0) is 53.6. The summed E-state index contributed by atoms with van der Waals surface area (Å²) in [4.78, 5) is 24.5. The predicted molar refractivity (Wildman–Crippen MR) is 324 cm³/mol. The standard InChI is InChI=1S/C68H135NO5/c1-3-5-7-9-11-13-15-37-40-44-48-52-56-60-66(71)65(64-70)69-67(72)61-57-53-49-45-41-38-35-33-31-29-27-25-23-21-19-17-18-20-22-24-26-28-30-32-34-36-39-43-47-51-55-59-63-74-68(73)62-58-54-50-46-42-16-14-12-10-8-6-4-2/h65-66,70-71H,3-64H2,1-2H3,(H,69,72). The lowest BCUT2D eigenvalue weighted by atomic mass is 10.0. The fourth-order valence-corrected chi connectivity index (χ4v) is 11.2. The molecule has 0 spiro atoms. The second kappa shape index (κ2) is 64.4. The van der Waals surface area contributed by atoms with Gasteiger partial charge in [-0.1, -0.05) is 361 Å². The molecule has 6 nitrogen and oxygen atoms in total. The lowest BCUT2D eigenvalue weighted by Gasteiger charge is -2.22. The van der Waals surface area contributed by atoms with E-state index in [4.69, 9.17) is 4.74 Å². The zero-order valence-corrected chi connectivity index (χ0v) is 50.6. The summed E-state index contributed by atoms with van der Waals surface area (Å²) in [5.74, 6) is -0.00489. The molecule has 442 valence electrons. The summed E-state index contributed by atoms with van der Waals surface area (Å²) in [6.45, 7) is 4.99. The van der Waals surface area contributed by atoms with Crippen LogP contribution in [0, 0.1) is 0 Å². The lowest BCUT2D eigenvalue weighted by molar-refractivity contribution is -0.143. The summed E-state index contributed by atoms with van der Waals surface area (Å²) in [6.07, 6.45) is 77.3. The molecule has 0 fully saturated rings. The van der Waals surface area contributed by atoms with Gasteiger partial charge >= 0.3 is 5.97 Å². The number of nitrogens with one attached hydrogen (secondary N) is 1. The molecule has 6 heteroatoms. The van der Waals surface area contributed by atoms with Gasteiger partial charge in [0.05, 0.1) is 25.4 Å². The van der Waals surface area contributed by atoms with Gasteiger partial charge in [0.25, 0.3) is 0 Å². The molecule has 0 aliphatic heterocycles. The van der Waals surface area contributed by atoms with Crippen molar-refractivity contribution in [3.05, 3.63) is 0 Å². The summed E-state index contributed by atoms with van der Waals surface area (Å²) in [7, 11) is 0. The fraction of sp³-hybridized carbons (Fsp3) is 0.971. The minimum atomic E-state index is -0.659. The second-order valence-corrected chi connectivity index (χ2v) is 23.9. The summed E-state index contributed by atoms with van der Waals surface area (Å²) in [5, 5.41) is 23.3. The Kier molecular flexibility index (Phi) is 63.4. The van der Waals surface area contributed by atoms with Gasteiger partial charge in [-0.05, 0) is 25.7 Å². The molecule has 0 saturated carbocycles. The van der Waals surface area contributed by atoms with Crippen molar-refractivity contribution in [1.82, 2.24) is 5.32 Å². The van der Waals surface area contributed by atoms with E-state index in [2.05, 4.69) is 19.2 Å². The highest BCUT2D eigenvalue weighted by Gasteiger charge is 2.20. The van der Waals surface area contributed by atoms with Crippen molar-refractivity contribution >= 4 is 11.9 Å². The smallest absolute Gasteiger partial charge is 0.305 e. The van der Waals surface area contributed by atoms with E-state index in [0.29, 0.717) is 25.9 Å². The first-order valence-corrected chi connectivity index (χ1v) is 34.3. The Hall–Kier alpha value is -1.14. The monoisotopic (exact) mass is 1050 g/mol. The Morgan fingerprint density at radius 1 is 0.324 bits per heavy atom. The Balaban J connectivity index is 3.29. The van der Waals surface area contributed by atoms with Gasteiger partial charge in [0.2, 0.25) is 5.91 Å². The van der Waals surface area contributed by atoms with Gasteiger partial charge in [0.15, 0.2) is 0 Å². The van der Waals surface area contributed by atoms with E-state index in [1.165, 1.54) is 327 Å². The molecule has 0 bridgehead atoms. The van der Waals surface area contributed by atoms with Crippen LogP contribution in [0.2, 0.25) is 0 Å². The number of ether oxygens (including phenoxy) is 1. The molecule has 1 amide bonds. The quantitative estimate of drug-likeness (QED) is 0.0417. The van der Waals surface area contributed by atoms with Crippen molar-refractivity contribution in [1.29, 1.82) is 0 Å². The predicted octanol–water partition coefficient (Wildman–Crippen LogP) is 21.8. The maximum atomic E-state index is 12.5. The van der Waals surface area contributed by atoms with Crippen LogP contribution in [0.4, 0.5) is 0 Å². The number of carbonyl (C=O) groups excluding carboxylic acids is 2. The van der Waals surface area contributed by atoms with Crippen LogP contribution in [0.15, 0.2) is 0 Å². The lowest BCUT2D eigenvalue weighted by Crippen LogP contribution is -2.45. The second-order valence-electron chi connectivity index (χ2n) is 23.9. The highest BCUT2D eigenvalue weighted by atomic mass is 16.5. The van der Waals surface area contributed by atoms with E-state index >= 15 is 0 Å². The number of hydrogen-bond donors (Lipinski definition) is 3. The average molecular weight is 1050 g/mol. The molecule has 0 rings (SSSR count). The van der Waals surface area contributed by atoms with Gasteiger partial charge in [-0.25, -0.2) is 0 Å². The topological polar surface area (TPSA) is 95.9 Å². The summed E-state index contributed by atoms with van der Waals surface area (Å²) >= 11 is 0. The highest BCUT2D eigenvalue weighted by Crippen LogP contribution is 2.19. The number of hydrogen-bond acceptors (Lipinski definition) is 5. The SMILES string of the molecule is CCCCCCCCCCCCCCCC(O)C(CO)NC(=O)CCCCCCCCCCCCCCCCCCCCCCCCCCCCCCCCCCOC(=O)CCCCCCCCCCCCCC. The summed E-state index contributed by atoms with van der Waals surface area (Å²) < 4.78 is 5.48.